The normalized spacial score (nSPS) is 15.0. The van der Waals surface area contributed by atoms with E-state index in [0.717, 1.165) is 61.1 Å². The molecule has 9 heteroatoms. The lowest BCUT2D eigenvalue weighted by molar-refractivity contribution is 0.00882. The SMILES string of the molecule is COc1ccc2c(Oc3ccc(OCC(C)N4CCN(C(=O)OC(C)(C)C)CC4)cc3)c(-c3ccc(Br)cc3)sc2c1. The molecular formula is C33H37BrN2O5S. The van der Waals surface area contributed by atoms with Crippen LogP contribution < -0.4 is 14.2 Å². The number of methoxy groups -OCH3 is 1. The first-order valence-corrected chi connectivity index (χ1v) is 15.7. The maximum atomic E-state index is 12.4. The third-order valence-electron chi connectivity index (χ3n) is 7.08. The first-order chi connectivity index (χ1) is 20.1. The zero-order valence-corrected chi connectivity index (χ0v) is 27.1. The topological polar surface area (TPSA) is 60.5 Å². The van der Waals surface area contributed by atoms with Gasteiger partial charge >= 0.3 is 6.09 Å². The summed E-state index contributed by atoms with van der Waals surface area (Å²) in [5, 5.41) is 1.04. The average molecular weight is 654 g/mol. The van der Waals surface area contributed by atoms with E-state index in [0.29, 0.717) is 19.7 Å². The highest BCUT2D eigenvalue weighted by Gasteiger charge is 2.27. The van der Waals surface area contributed by atoms with Crippen molar-refractivity contribution in [3.05, 3.63) is 71.2 Å². The summed E-state index contributed by atoms with van der Waals surface area (Å²) in [6.45, 7) is 11.3. The Hall–Kier alpha value is -3.27. The van der Waals surface area contributed by atoms with Gasteiger partial charge in [0.05, 0.1) is 12.0 Å². The molecule has 1 amide bonds. The van der Waals surface area contributed by atoms with Gasteiger partial charge in [0.15, 0.2) is 5.75 Å². The van der Waals surface area contributed by atoms with Gasteiger partial charge in [-0.05, 0) is 87.9 Å². The summed E-state index contributed by atoms with van der Waals surface area (Å²) < 4.78 is 25.7. The van der Waals surface area contributed by atoms with E-state index >= 15 is 0 Å². The number of hydrogen-bond donors (Lipinski definition) is 0. The van der Waals surface area contributed by atoms with Crippen LogP contribution in [0.2, 0.25) is 0 Å². The monoisotopic (exact) mass is 652 g/mol. The van der Waals surface area contributed by atoms with Crippen molar-refractivity contribution in [3.8, 4) is 33.4 Å². The molecule has 1 unspecified atom stereocenters. The first-order valence-electron chi connectivity index (χ1n) is 14.1. The van der Waals surface area contributed by atoms with Crippen LogP contribution in [-0.4, -0.2) is 67.4 Å². The van der Waals surface area contributed by atoms with Gasteiger partial charge in [0.25, 0.3) is 0 Å². The Morgan fingerprint density at radius 2 is 1.57 bits per heavy atom. The van der Waals surface area contributed by atoms with E-state index in [9.17, 15) is 4.79 Å². The molecule has 0 aliphatic carbocycles. The van der Waals surface area contributed by atoms with Gasteiger partial charge in [-0.25, -0.2) is 4.79 Å². The minimum Gasteiger partial charge on any atom is -0.497 e. The zero-order chi connectivity index (χ0) is 29.9. The molecule has 1 aliphatic rings. The standard InChI is InChI=1S/C33H37BrN2O5S/c1-22(35-16-18-36(19-17-35)32(37)41-33(2,3)4)21-39-25-10-12-26(13-11-25)40-30-28-15-14-27(38-5)20-29(28)42-31(30)23-6-8-24(34)9-7-23/h6-15,20,22H,16-19,21H2,1-5H3. The quantitative estimate of drug-likeness (QED) is 0.190. The molecule has 1 fully saturated rings. The molecule has 0 spiro atoms. The van der Waals surface area contributed by atoms with E-state index in [-0.39, 0.29) is 12.1 Å². The predicted molar refractivity (Wildman–Crippen MR) is 172 cm³/mol. The number of benzene rings is 3. The Bertz CT molecular complexity index is 1510. The summed E-state index contributed by atoms with van der Waals surface area (Å²) >= 11 is 5.22. The molecule has 1 saturated heterocycles. The van der Waals surface area contributed by atoms with E-state index in [4.69, 9.17) is 18.9 Å². The maximum Gasteiger partial charge on any atom is 0.410 e. The van der Waals surface area contributed by atoms with Crippen molar-refractivity contribution in [3.63, 3.8) is 0 Å². The number of piperazine rings is 1. The van der Waals surface area contributed by atoms with Crippen LogP contribution in [0.4, 0.5) is 4.79 Å². The van der Waals surface area contributed by atoms with Crippen molar-refractivity contribution in [1.82, 2.24) is 9.80 Å². The molecule has 0 saturated carbocycles. The van der Waals surface area contributed by atoms with Crippen LogP contribution in [0.15, 0.2) is 71.2 Å². The van der Waals surface area contributed by atoms with Crippen molar-refractivity contribution in [1.29, 1.82) is 0 Å². The number of thiophene rings is 1. The molecule has 7 nitrogen and oxygen atoms in total. The van der Waals surface area contributed by atoms with E-state index in [1.54, 1.807) is 23.3 Å². The first kappa shape index (κ1) is 30.2. The lowest BCUT2D eigenvalue weighted by Gasteiger charge is -2.38. The van der Waals surface area contributed by atoms with E-state index in [2.05, 4.69) is 46.0 Å². The molecule has 0 bridgehead atoms. The largest absolute Gasteiger partial charge is 0.497 e. The number of halogens is 1. The van der Waals surface area contributed by atoms with Gasteiger partial charge in [0, 0.05) is 46.8 Å². The van der Waals surface area contributed by atoms with Crippen LogP contribution in [-0.2, 0) is 4.74 Å². The van der Waals surface area contributed by atoms with Crippen LogP contribution in [0, 0.1) is 0 Å². The fourth-order valence-corrected chi connectivity index (χ4v) is 6.22. The van der Waals surface area contributed by atoms with E-state index in [1.165, 1.54) is 0 Å². The van der Waals surface area contributed by atoms with Gasteiger partial charge in [0.2, 0.25) is 0 Å². The molecule has 0 radical (unpaired) electrons. The van der Waals surface area contributed by atoms with Crippen molar-refractivity contribution in [2.24, 2.45) is 0 Å². The minimum absolute atomic E-state index is 0.212. The number of carbonyl (C=O) groups excluding carboxylic acids is 1. The van der Waals surface area contributed by atoms with Crippen LogP contribution in [0.25, 0.3) is 20.5 Å². The Labute approximate surface area is 260 Å². The maximum absolute atomic E-state index is 12.4. The number of hydrogen-bond acceptors (Lipinski definition) is 7. The number of amides is 1. The molecule has 1 aliphatic heterocycles. The molecule has 1 aromatic heterocycles. The molecule has 1 atom stereocenters. The summed E-state index contributed by atoms with van der Waals surface area (Å²) in [5.74, 6) is 3.17. The highest BCUT2D eigenvalue weighted by molar-refractivity contribution is 9.10. The molecule has 0 N–H and O–H groups in total. The van der Waals surface area contributed by atoms with Gasteiger partial charge in [-0.1, -0.05) is 28.1 Å². The van der Waals surface area contributed by atoms with Crippen molar-refractivity contribution >= 4 is 43.4 Å². The summed E-state index contributed by atoms with van der Waals surface area (Å²) in [6.07, 6.45) is -0.243. The van der Waals surface area contributed by atoms with Gasteiger partial charge in [0.1, 0.15) is 29.5 Å². The highest BCUT2D eigenvalue weighted by Crippen LogP contribution is 2.47. The van der Waals surface area contributed by atoms with E-state index in [1.807, 2.05) is 69.3 Å². The van der Waals surface area contributed by atoms with Crippen LogP contribution >= 0.6 is 27.3 Å². The second kappa shape index (κ2) is 12.9. The fourth-order valence-electron chi connectivity index (χ4n) is 4.79. The summed E-state index contributed by atoms with van der Waals surface area (Å²) in [5.41, 5.74) is 0.609. The third-order valence-corrected chi connectivity index (χ3v) is 8.79. The molecular weight excluding hydrogens is 616 g/mol. The smallest absolute Gasteiger partial charge is 0.410 e. The molecule has 42 heavy (non-hydrogen) atoms. The number of carbonyl (C=O) groups is 1. The zero-order valence-electron chi connectivity index (χ0n) is 24.7. The second-order valence-electron chi connectivity index (χ2n) is 11.4. The third kappa shape index (κ3) is 7.38. The van der Waals surface area contributed by atoms with Crippen molar-refractivity contribution in [2.75, 3.05) is 39.9 Å². The van der Waals surface area contributed by atoms with Crippen LogP contribution in [0.5, 0.6) is 23.0 Å². The molecule has 4 aromatic rings. The minimum atomic E-state index is -0.483. The molecule has 5 rings (SSSR count). The molecule has 3 aromatic carbocycles. The Balaban J connectivity index is 1.21. The van der Waals surface area contributed by atoms with Gasteiger partial charge in [-0.15, -0.1) is 11.3 Å². The highest BCUT2D eigenvalue weighted by atomic mass is 79.9. The lowest BCUT2D eigenvalue weighted by atomic mass is 10.1. The number of fused-ring (bicyclic) bond motifs is 1. The fraction of sp³-hybridized carbons (Fsp3) is 0.364. The summed E-state index contributed by atoms with van der Waals surface area (Å²) in [7, 11) is 1.68. The summed E-state index contributed by atoms with van der Waals surface area (Å²) in [6, 6.07) is 22.3. The van der Waals surface area contributed by atoms with Gasteiger partial charge in [-0.2, -0.15) is 0 Å². The Morgan fingerprint density at radius 3 is 2.21 bits per heavy atom. The molecule has 2 heterocycles. The molecule has 222 valence electrons. The number of rotatable bonds is 8. The van der Waals surface area contributed by atoms with Gasteiger partial charge < -0.3 is 23.8 Å². The Morgan fingerprint density at radius 1 is 0.929 bits per heavy atom. The van der Waals surface area contributed by atoms with Gasteiger partial charge in [-0.3, -0.25) is 4.90 Å². The van der Waals surface area contributed by atoms with Crippen molar-refractivity contribution in [2.45, 2.75) is 39.3 Å². The van der Waals surface area contributed by atoms with Crippen LogP contribution in [0.1, 0.15) is 27.7 Å². The van der Waals surface area contributed by atoms with Crippen molar-refractivity contribution < 1.29 is 23.7 Å². The average Bonchev–Trinajstić information content (AvgIpc) is 3.33. The predicted octanol–water partition coefficient (Wildman–Crippen LogP) is 8.45. The summed E-state index contributed by atoms with van der Waals surface area (Å²) in [4.78, 5) is 17.6. The lowest BCUT2D eigenvalue weighted by Crippen LogP contribution is -2.53. The number of nitrogens with zero attached hydrogens (tertiary/aromatic N) is 2. The Kier molecular flexibility index (Phi) is 9.30. The van der Waals surface area contributed by atoms with Crippen LogP contribution in [0.3, 0.4) is 0 Å². The number of ether oxygens (including phenoxy) is 4. The second-order valence-corrected chi connectivity index (χ2v) is 13.3. The van der Waals surface area contributed by atoms with E-state index < -0.39 is 5.60 Å².